The molecule has 1 aromatic carbocycles. The second-order valence-electron chi connectivity index (χ2n) is 4.39. The first-order valence-corrected chi connectivity index (χ1v) is 6.27. The molecule has 0 bridgehead atoms. The maximum Gasteiger partial charge on any atom is 0.0445 e. The third-order valence-corrected chi connectivity index (χ3v) is 3.00. The number of nitrogens with zero attached hydrogens (tertiary/aromatic N) is 1. The Labute approximate surface area is 104 Å². The normalized spacial score (nSPS) is 12.9. The first-order valence-electron chi connectivity index (χ1n) is 6.27. The van der Waals surface area contributed by atoms with Crippen LogP contribution in [0.2, 0.25) is 0 Å². The quantitative estimate of drug-likeness (QED) is 0.722. The first kappa shape index (κ1) is 14.2. The van der Waals surface area contributed by atoms with Gasteiger partial charge in [-0.2, -0.15) is 0 Å². The minimum Gasteiger partial charge on any atom is -0.396 e. The van der Waals surface area contributed by atoms with Gasteiger partial charge in [0.15, 0.2) is 0 Å². The van der Waals surface area contributed by atoms with E-state index in [1.807, 2.05) is 18.2 Å². The lowest BCUT2D eigenvalue weighted by Crippen LogP contribution is -2.34. The summed E-state index contributed by atoms with van der Waals surface area (Å²) in [4.78, 5) is 2.31. The number of benzene rings is 1. The number of hydrogen-bond donors (Lipinski definition) is 2. The van der Waals surface area contributed by atoms with Crippen molar-refractivity contribution in [2.45, 2.75) is 32.4 Å². The van der Waals surface area contributed by atoms with E-state index in [-0.39, 0.29) is 13.2 Å². The van der Waals surface area contributed by atoms with Gasteiger partial charge in [0.1, 0.15) is 0 Å². The molecule has 1 aromatic rings. The highest BCUT2D eigenvalue weighted by Gasteiger charge is 2.13. The van der Waals surface area contributed by atoms with E-state index < -0.39 is 0 Å². The molecule has 0 amide bonds. The van der Waals surface area contributed by atoms with Crippen LogP contribution in [0.4, 0.5) is 0 Å². The van der Waals surface area contributed by atoms with Crippen molar-refractivity contribution < 1.29 is 10.2 Å². The van der Waals surface area contributed by atoms with Crippen LogP contribution in [-0.4, -0.2) is 40.9 Å². The first-order chi connectivity index (χ1) is 8.27. The summed E-state index contributed by atoms with van der Waals surface area (Å²) in [5, 5.41) is 17.9. The fourth-order valence-corrected chi connectivity index (χ4v) is 1.92. The Bertz CT molecular complexity index is 290. The fourth-order valence-electron chi connectivity index (χ4n) is 1.92. The molecule has 96 valence electrons. The zero-order valence-electron chi connectivity index (χ0n) is 10.5. The lowest BCUT2D eigenvalue weighted by atomic mass is 10.1. The third-order valence-electron chi connectivity index (χ3n) is 3.00. The van der Waals surface area contributed by atoms with Gasteiger partial charge >= 0.3 is 0 Å². The van der Waals surface area contributed by atoms with Crippen LogP contribution in [0.1, 0.15) is 25.3 Å². The molecule has 1 unspecified atom stereocenters. The molecule has 1 rings (SSSR count). The number of aliphatic hydroxyl groups is 2. The van der Waals surface area contributed by atoms with E-state index in [0.29, 0.717) is 6.04 Å². The summed E-state index contributed by atoms with van der Waals surface area (Å²) in [6.45, 7) is 4.30. The van der Waals surface area contributed by atoms with Crippen molar-refractivity contribution in [3.8, 4) is 0 Å². The van der Waals surface area contributed by atoms with Gasteiger partial charge in [0.2, 0.25) is 0 Å². The van der Waals surface area contributed by atoms with Crippen molar-refractivity contribution >= 4 is 0 Å². The van der Waals surface area contributed by atoms with E-state index in [1.165, 1.54) is 5.56 Å². The summed E-state index contributed by atoms with van der Waals surface area (Å²) in [5.41, 5.74) is 1.27. The average Bonchev–Trinajstić information content (AvgIpc) is 2.36. The summed E-state index contributed by atoms with van der Waals surface area (Å²) in [6, 6.07) is 10.6. The smallest absolute Gasteiger partial charge is 0.0445 e. The molecule has 0 aromatic heterocycles. The molecule has 0 saturated carbocycles. The minimum absolute atomic E-state index is 0.214. The van der Waals surface area contributed by atoms with Gasteiger partial charge in [0, 0.05) is 32.3 Å². The molecular formula is C14H23NO2. The molecule has 3 heteroatoms. The molecule has 2 N–H and O–H groups in total. The summed E-state index contributed by atoms with van der Waals surface area (Å²) >= 11 is 0. The van der Waals surface area contributed by atoms with E-state index in [0.717, 1.165) is 25.9 Å². The highest BCUT2D eigenvalue weighted by Crippen LogP contribution is 2.11. The van der Waals surface area contributed by atoms with E-state index >= 15 is 0 Å². The molecule has 0 spiro atoms. The van der Waals surface area contributed by atoms with Crippen LogP contribution in [0.15, 0.2) is 30.3 Å². The van der Waals surface area contributed by atoms with Crippen molar-refractivity contribution in [1.29, 1.82) is 0 Å². The van der Waals surface area contributed by atoms with Crippen LogP contribution >= 0.6 is 0 Å². The topological polar surface area (TPSA) is 43.7 Å². The van der Waals surface area contributed by atoms with Crippen LogP contribution in [0.3, 0.4) is 0 Å². The Hall–Kier alpha value is -0.900. The van der Waals surface area contributed by atoms with Gasteiger partial charge in [-0.3, -0.25) is 4.90 Å². The minimum atomic E-state index is 0.214. The average molecular weight is 237 g/mol. The predicted octanol–water partition coefficient (Wildman–Crippen LogP) is 1.64. The summed E-state index contributed by atoms with van der Waals surface area (Å²) in [6.07, 6.45) is 1.56. The fraction of sp³-hybridized carbons (Fsp3) is 0.571. The largest absolute Gasteiger partial charge is 0.396 e. The van der Waals surface area contributed by atoms with Crippen molar-refractivity contribution in [3.05, 3.63) is 35.9 Å². The monoisotopic (exact) mass is 237 g/mol. The summed E-state index contributed by atoms with van der Waals surface area (Å²) < 4.78 is 0. The summed E-state index contributed by atoms with van der Waals surface area (Å²) in [7, 11) is 0. The highest BCUT2D eigenvalue weighted by molar-refractivity contribution is 5.14. The highest BCUT2D eigenvalue weighted by atomic mass is 16.3. The SMILES string of the molecule is CC(CCO)N(CCCO)Cc1ccccc1. The number of aliphatic hydroxyl groups excluding tert-OH is 2. The zero-order chi connectivity index (χ0) is 12.5. The molecule has 0 aliphatic rings. The van der Waals surface area contributed by atoms with Crippen LogP contribution in [0.5, 0.6) is 0 Å². The van der Waals surface area contributed by atoms with Crippen LogP contribution in [0, 0.1) is 0 Å². The third kappa shape index (κ3) is 5.31. The van der Waals surface area contributed by atoms with Gasteiger partial charge in [-0.15, -0.1) is 0 Å². The molecule has 17 heavy (non-hydrogen) atoms. The molecule has 0 saturated heterocycles. The Morgan fingerprint density at radius 2 is 1.82 bits per heavy atom. The molecule has 0 fully saturated rings. The van der Waals surface area contributed by atoms with E-state index in [4.69, 9.17) is 10.2 Å². The van der Waals surface area contributed by atoms with Gasteiger partial charge < -0.3 is 10.2 Å². The Morgan fingerprint density at radius 1 is 1.12 bits per heavy atom. The maximum absolute atomic E-state index is 9.00. The van der Waals surface area contributed by atoms with Crippen molar-refractivity contribution in [2.75, 3.05) is 19.8 Å². The van der Waals surface area contributed by atoms with Crippen molar-refractivity contribution in [3.63, 3.8) is 0 Å². The lowest BCUT2D eigenvalue weighted by molar-refractivity contribution is 0.147. The molecule has 0 aliphatic carbocycles. The zero-order valence-corrected chi connectivity index (χ0v) is 10.5. The van der Waals surface area contributed by atoms with E-state index in [2.05, 4.69) is 24.0 Å². The standard InChI is InChI=1S/C14H23NO2/c1-13(8-11-17)15(9-5-10-16)12-14-6-3-2-4-7-14/h2-4,6-7,13,16-17H,5,8-12H2,1H3. The maximum atomic E-state index is 9.00. The van der Waals surface area contributed by atoms with Crippen LogP contribution < -0.4 is 0 Å². The Balaban J connectivity index is 2.56. The van der Waals surface area contributed by atoms with Crippen molar-refractivity contribution in [2.24, 2.45) is 0 Å². The van der Waals surface area contributed by atoms with Crippen molar-refractivity contribution in [1.82, 2.24) is 4.90 Å². The second kappa shape index (κ2) is 8.23. The van der Waals surface area contributed by atoms with Crippen LogP contribution in [-0.2, 0) is 6.54 Å². The lowest BCUT2D eigenvalue weighted by Gasteiger charge is -2.28. The molecule has 0 heterocycles. The predicted molar refractivity (Wildman–Crippen MR) is 69.7 cm³/mol. The van der Waals surface area contributed by atoms with E-state index in [9.17, 15) is 0 Å². The second-order valence-corrected chi connectivity index (χ2v) is 4.39. The Kier molecular flexibility index (Phi) is 6.86. The van der Waals surface area contributed by atoms with Crippen LogP contribution in [0.25, 0.3) is 0 Å². The molecule has 0 aliphatic heterocycles. The number of hydrogen-bond acceptors (Lipinski definition) is 3. The van der Waals surface area contributed by atoms with Gasteiger partial charge in [-0.25, -0.2) is 0 Å². The molecule has 1 atom stereocenters. The number of rotatable bonds is 8. The Morgan fingerprint density at radius 3 is 2.41 bits per heavy atom. The molecular weight excluding hydrogens is 214 g/mol. The van der Waals surface area contributed by atoms with Gasteiger partial charge in [0.25, 0.3) is 0 Å². The molecule has 3 nitrogen and oxygen atoms in total. The van der Waals surface area contributed by atoms with Gasteiger partial charge in [-0.05, 0) is 25.3 Å². The van der Waals surface area contributed by atoms with Gasteiger partial charge in [0.05, 0.1) is 0 Å². The van der Waals surface area contributed by atoms with E-state index in [1.54, 1.807) is 0 Å². The molecule has 0 radical (unpaired) electrons. The van der Waals surface area contributed by atoms with Gasteiger partial charge in [-0.1, -0.05) is 30.3 Å². The summed E-state index contributed by atoms with van der Waals surface area (Å²) in [5.74, 6) is 0.